The summed E-state index contributed by atoms with van der Waals surface area (Å²) in [5.41, 5.74) is 0.960. The molecule has 170 valence electrons. The maximum absolute atomic E-state index is 13.2. The quantitative estimate of drug-likeness (QED) is 0.575. The molecule has 7 nitrogen and oxygen atoms in total. The summed E-state index contributed by atoms with van der Waals surface area (Å²) in [7, 11) is 1.29. The first-order valence-corrected chi connectivity index (χ1v) is 9.91. The van der Waals surface area contributed by atoms with E-state index in [0.717, 1.165) is 0 Å². The van der Waals surface area contributed by atoms with E-state index in [0.29, 0.717) is 22.2 Å². The molecule has 4 rings (SSSR count). The number of fused-ring (bicyclic) bond motifs is 1. The van der Waals surface area contributed by atoms with Crippen molar-refractivity contribution in [3.63, 3.8) is 0 Å². The second kappa shape index (κ2) is 8.01. The van der Waals surface area contributed by atoms with Crippen molar-refractivity contribution in [2.75, 3.05) is 7.11 Å². The molecule has 2 atom stereocenters. The number of carbonyl (C=O) groups excluding carboxylic acids is 1. The molecule has 10 heteroatoms. The molecule has 1 fully saturated rings. The van der Waals surface area contributed by atoms with Crippen LogP contribution in [0.5, 0.6) is 11.5 Å². The van der Waals surface area contributed by atoms with Crippen LogP contribution in [0.2, 0.25) is 0 Å². The van der Waals surface area contributed by atoms with Gasteiger partial charge in [-0.1, -0.05) is 6.07 Å². The Balaban J connectivity index is 1.80. The average Bonchev–Trinajstić information content (AvgIpc) is 3.23. The van der Waals surface area contributed by atoms with Gasteiger partial charge in [-0.25, -0.2) is 8.91 Å². The number of hydrogen-bond donors (Lipinski definition) is 2. The second-order valence-corrected chi connectivity index (χ2v) is 8.13. The average molecular weight is 449 g/mol. The van der Waals surface area contributed by atoms with Gasteiger partial charge >= 0.3 is 6.61 Å². The third kappa shape index (κ3) is 4.22. The van der Waals surface area contributed by atoms with Crippen molar-refractivity contribution < 1.29 is 32.5 Å². The van der Waals surface area contributed by atoms with Crippen molar-refractivity contribution in [1.29, 1.82) is 0 Å². The molecule has 2 N–H and O–H groups in total. The van der Waals surface area contributed by atoms with Crippen molar-refractivity contribution in [3.8, 4) is 22.6 Å². The summed E-state index contributed by atoms with van der Waals surface area (Å²) in [6.07, 6.45) is 2.21. The molecular formula is C22H22F3N3O4. The SMILES string of the molecule is COc1cc(-c2cnn3cc(C(C)(C)O)ccc23)cc(OC(F)F)c1C(=O)N[C@@H]1C[C@@H]1F. The molecule has 2 aromatic heterocycles. The molecule has 0 spiro atoms. The lowest BCUT2D eigenvalue weighted by Crippen LogP contribution is -2.28. The standard InChI is InChI=1S/C22H22F3N3O4/c1-22(2,30)12-4-5-16-13(9-26-28(16)10-12)11-6-17(31-3)19(18(7-11)32-21(24)25)20(29)27-15-8-14(15)23/h4-7,9-10,14-15,21,30H,8H2,1-3H3,(H,27,29)/t14-,15+/m0/s1. The molecule has 0 saturated heterocycles. The van der Waals surface area contributed by atoms with Gasteiger partial charge in [0, 0.05) is 23.7 Å². The number of methoxy groups -OCH3 is 1. The van der Waals surface area contributed by atoms with Gasteiger partial charge in [0.05, 0.1) is 30.5 Å². The van der Waals surface area contributed by atoms with Crippen molar-refractivity contribution in [2.45, 2.75) is 44.7 Å². The molecule has 1 aliphatic rings. The van der Waals surface area contributed by atoms with Crippen LogP contribution in [0.4, 0.5) is 13.2 Å². The Hall–Kier alpha value is -3.27. The van der Waals surface area contributed by atoms with Crippen LogP contribution in [0.1, 0.15) is 36.2 Å². The predicted molar refractivity (Wildman–Crippen MR) is 110 cm³/mol. The minimum absolute atomic E-state index is 0.000769. The number of alkyl halides is 3. The Bertz CT molecular complexity index is 1170. The van der Waals surface area contributed by atoms with Gasteiger partial charge in [-0.05, 0) is 37.6 Å². The molecular weight excluding hydrogens is 427 g/mol. The smallest absolute Gasteiger partial charge is 0.387 e. The molecule has 1 saturated carbocycles. The lowest BCUT2D eigenvalue weighted by atomic mass is 9.99. The second-order valence-electron chi connectivity index (χ2n) is 8.13. The maximum atomic E-state index is 13.2. The van der Waals surface area contributed by atoms with E-state index >= 15 is 0 Å². The molecule has 2 heterocycles. The number of ether oxygens (including phenoxy) is 2. The number of aliphatic hydroxyl groups is 1. The number of carbonyl (C=O) groups is 1. The van der Waals surface area contributed by atoms with Crippen LogP contribution in [0.15, 0.2) is 36.7 Å². The van der Waals surface area contributed by atoms with Gasteiger partial charge in [0.2, 0.25) is 0 Å². The largest absolute Gasteiger partial charge is 0.496 e. The molecule has 1 aromatic carbocycles. The summed E-state index contributed by atoms with van der Waals surface area (Å²) < 4.78 is 50.9. The summed E-state index contributed by atoms with van der Waals surface area (Å²) in [6, 6.07) is 5.62. The van der Waals surface area contributed by atoms with Crippen molar-refractivity contribution in [3.05, 3.63) is 47.8 Å². The highest BCUT2D eigenvalue weighted by atomic mass is 19.3. The molecule has 1 aliphatic carbocycles. The normalized spacial score (nSPS) is 18.1. The molecule has 0 radical (unpaired) electrons. The van der Waals surface area contributed by atoms with Crippen molar-refractivity contribution in [1.82, 2.24) is 14.9 Å². The molecule has 1 amide bonds. The monoisotopic (exact) mass is 449 g/mol. The Morgan fingerprint density at radius 1 is 1.31 bits per heavy atom. The van der Waals surface area contributed by atoms with Crippen LogP contribution >= 0.6 is 0 Å². The van der Waals surface area contributed by atoms with Crippen LogP contribution in [0.25, 0.3) is 16.6 Å². The first kappa shape index (κ1) is 21.9. The van der Waals surface area contributed by atoms with Gasteiger partial charge in [-0.2, -0.15) is 13.9 Å². The third-order valence-corrected chi connectivity index (χ3v) is 5.29. The highest BCUT2D eigenvalue weighted by molar-refractivity contribution is 6.01. The number of nitrogens with zero attached hydrogens (tertiary/aromatic N) is 2. The Kier molecular flexibility index (Phi) is 5.49. The number of amides is 1. The molecule has 32 heavy (non-hydrogen) atoms. The zero-order chi connectivity index (χ0) is 23.2. The lowest BCUT2D eigenvalue weighted by molar-refractivity contribution is -0.0502. The zero-order valence-corrected chi connectivity index (χ0v) is 17.6. The van der Waals surface area contributed by atoms with E-state index in [-0.39, 0.29) is 17.7 Å². The fourth-order valence-corrected chi connectivity index (χ4v) is 3.44. The summed E-state index contributed by atoms with van der Waals surface area (Å²) >= 11 is 0. The zero-order valence-electron chi connectivity index (χ0n) is 17.6. The highest BCUT2D eigenvalue weighted by Crippen LogP contribution is 2.38. The number of aromatic nitrogens is 2. The molecule has 0 aliphatic heterocycles. The number of rotatable bonds is 7. The van der Waals surface area contributed by atoms with Crippen LogP contribution < -0.4 is 14.8 Å². The van der Waals surface area contributed by atoms with E-state index in [9.17, 15) is 23.1 Å². The molecule has 3 aromatic rings. The molecule has 0 unspecified atom stereocenters. The van der Waals surface area contributed by atoms with Gasteiger partial charge < -0.3 is 19.9 Å². The van der Waals surface area contributed by atoms with Crippen LogP contribution in [0, 0.1) is 0 Å². The minimum atomic E-state index is -3.19. The summed E-state index contributed by atoms with van der Waals surface area (Å²) in [5, 5.41) is 17.0. The van der Waals surface area contributed by atoms with Crippen LogP contribution in [-0.2, 0) is 5.60 Å². The van der Waals surface area contributed by atoms with Gasteiger partial charge in [-0.3, -0.25) is 4.79 Å². The summed E-state index contributed by atoms with van der Waals surface area (Å²) in [4.78, 5) is 12.6. The van der Waals surface area contributed by atoms with E-state index in [1.165, 1.54) is 25.4 Å². The Labute approximate surface area is 181 Å². The van der Waals surface area contributed by atoms with Gasteiger partial charge in [0.25, 0.3) is 5.91 Å². The van der Waals surface area contributed by atoms with E-state index in [1.54, 1.807) is 36.7 Å². The first-order valence-electron chi connectivity index (χ1n) is 9.91. The predicted octanol–water partition coefficient (Wildman–Crippen LogP) is 3.68. The number of pyridine rings is 1. The number of hydrogen-bond acceptors (Lipinski definition) is 5. The van der Waals surface area contributed by atoms with Gasteiger partial charge in [0.15, 0.2) is 0 Å². The van der Waals surface area contributed by atoms with Crippen molar-refractivity contribution in [2.24, 2.45) is 0 Å². The highest BCUT2D eigenvalue weighted by Gasteiger charge is 2.40. The first-order chi connectivity index (χ1) is 15.1. The van der Waals surface area contributed by atoms with E-state index in [1.807, 2.05) is 0 Å². The van der Waals surface area contributed by atoms with Crippen LogP contribution in [-0.4, -0.2) is 46.6 Å². The number of nitrogens with one attached hydrogen (secondary N) is 1. The molecule has 0 bridgehead atoms. The van der Waals surface area contributed by atoms with Gasteiger partial charge in [0.1, 0.15) is 23.2 Å². The summed E-state index contributed by atoms with van der Waals surface area (Å²) in [6.45, 7) is 0.108. The third-order valence-electron chi connectivity index (χ3n) is 5.29. The fraction of sp³-hybridized carbons (Fsp3) is 0.364. The number of halogens is 3. The topological polar surface area (TPSA) is 85.1 Å². The Morgan fingerprint density at radius 2 is 2.00 bits per heavy atom. The fourth-order valence-electron chi connectivity index (χ4n) is 3.44. The van der Waals surface area contributed by atoms with E-state index < -0.39 is 36.1 Å². The van der Waals surface area contributed by atoms with Crippen LogP contribution in [0.3, 0.4) is 0 Å². The van der Waals surface area contributed by atoms with E-state index in [4.69, 9.17) is 4.74 Å². The minimum Gasteiger partial charge on any atom is -0.496 e. The van der Waals surface area contributed by atoms with Gasteiger partial charge in [-0.15, -0.1) is 0 Å². The maximum Gasteiger partial charge on any atom is 0.387 e. The Morgan fingerprint density at radius 3 is 2.59 bits per heavy atom. The lowest BCUT2D eigenvalue weighted by Gasteiger charge is -2.18. The number of benzene rings is 1. The summed E-state index contributed by atoms with van der Waals surface area (Å²) in [5.74, 6) is -1.15. The van der Waals surface area contributed by atoms with Crippen molar-refractivity contribution >= 4 is 11.4 Å². The van der Waals surface area contributed by atoms with E-state index in [2.05, 4.69) is 15.2 Å².